The van der Waals surface area contributed by atoms with Crippen molar-refractivity contribution < 1.29 is 14.3 Å². The number of methoxy groups -OCH3 is 1. The highest BCUT2D eigenvalue weighted by Gasteiger charge is 2.23. The molecule has 0 aliphatic rings. The number of hydrogen-bond donors (Lipinski definition) is 0. The number of benzene rings is 2. The summed E-state index contributed by atoms with van der Waals surface area (Å²) < 4.78 is 11.7. The van der Waals surface area contributed by atoms with Gasteiger partial charge in [0.15, 0.2) is 0 Å². The second-order valence-electron chi connectivity index (χ2n) is 6.69. The minimum Gasteiger partial charge on any atom is -0.496 e. The van der Waals surface area contributed by atoms with Gasteiger partial charge in [-0.15, -0.1) is 0 Å². The number of hydrogen-bond acceptors (Lipinski definition) is 3. The molecular formula is C19H22Br2O3. The Balaban J connectivity index is 2.21. The summed E-state index contributed by atoms with van der Waals surface area (Å²) >= 11 is 7.01. The third-order valence-electron chi connectivity index (χ3n) is 3.98. The molecule has 0 aliphatic heterocycles. The summed E-state index contributed by atoms with van der Waals surface area (Å²) in [4.78, 5) is 12.3. The molecule has 0 aromatic heterocycles. The van der Waals surface area contributed by atoms with Gasteiger partial charge in [-0.2, -0.15) is 0 Å². The van der Waals surface area contributed by atoms with Gasteiger partial charge in [-0.1, -0.05) is 54.0 Å². The van der Waals surface area contributed by atoms with E-state index in [0.717, 1.165) is 31.9 Å². The number of carbonyl (C=O) groups excluding carboxylic acids is 1. The molecule has 0 N–H and O–H groups in total. The van der Waals surface area contributed by atoms with Gasteiger partial charge in [-0.25, -0.2) is 0 Å². The third kappa shape index (κ3) is 4.31. The van der Waals surface area contributed by atoms with Crippen LogP contribution in [0.3, 0.4) is 0 Å². The van der Waals surface area contributed by atoms with Crippen molar-refractivity contribution in [2.45, 2.75) is 26.7 Å². The van der Waals surface area contributed by atoms with Gasteiger partial charge in [0.25, 0.3) is 0 Å². The van der Waals surface area contributed by atoms with Gasteiger partial charge >= 0.3 is 5.97 Å². The van der Waals surface area contributed by atoms with E-state index < -0.39 is 0 Å². The first-order valence-corrected chi connectivity index (χ1v) is 9.69. The SMILES string of the molecule is COc1ccc2cc(C(C)C(=O)OCC(C)(C)CBr)ccc2c1Br. The van der Waals surface area contributed by atoms with Crippen LogP contribution in [0.15, 0.2) is 34.8 Å². The fourth-order valence-corrected chi connectivity index (χ4v) is 3.10. The van der Waals surface area contributed by atoms with E-state index in [-0.39, 0.29) is 17.3 Å². The van der Waals surface area contributed by atoms with Crippen molar-refractivity contribution in [1.29, 1.82) is 0 Å². The second-order valence-corrected chi connectivity index (χ2v) is 8.04. The minimum absolute atomic E-state index is 0.0693. The molecule has 0 spiro atoms. The van der Waals surface area contributed by atoms with Gasteiger partial charge < -0.3 is 9.47 Å². The van der Waals surface area contributed by atoms with Crippen molar-refractivity contribution in [1.82, 2.24) is 0 Å². The molecule has 1 atom stereocenters. The second kappa shape index (κ2) is 7.87. The van der Waals surface area contributed by atoms with Gasteiger partial charge in [0.1, 0.15) is 5.75 Å². The van der Waals surface area contributed by atoms with E-state index in [1.807, 2.05) is 37.3 Å². The third-order valence-corrected chi connectivity index (χ3v) is 6.32. The molecule has 24 heavy (non-hydrogen) atoms. The highest BCUT2D eigenvalue weighted by atomic mass is 79.9. The predicted octanol–water partition coefficient (Wildman–Crippen LogP) is 5.68. The first-order valence-electron chi connectivity index (χ1n) is 7.78. The van der Waals surface area contributed by atoms with E-state index in [0.29, 0.717) is 6.61 Å². The average Bonchev–Trinajstić information content (AvgIpc) is 2.59. The lowest BCUT2D eigenvalue weighted by molar-refractivity contribution is -0.147. The Morgan fingerprint density at radius 1 is 1.25 bits per heavy atom. The van der Waals surface area contributed by atoms with E-state index in [2.05, 4.69) is 45.7 Å². The Labute approximate surface area is 160 Å². The summed E-state index contributed by atoms with van der Waals surface area (Å²) in [6, 6.07) is 9.91. The Morgan fingerprint density at radius 3 is 2.58 bits per heavy atom. The normalized spacial score (nSPS) is 12.9. The Morgan fingerprint density at radius 2 is 1.96 bits per heavy atom. The van der Waals surface area contributed by atoms with Crippen LogP contribution in [0.25, 0.3) is 10.8 Å². The van der Waals surface area contributed by atoms with E-state index in [1.165, 1.54) is 0 Å². The van der Waals surface area contributed by atoms with Gasteiger partial charge in [-0.3, -0.25) is 4.79 Å². The Bertz CT molecular complexity index is 741. The fraction of sp³-hybridized carbons (Fsp3) is 0.421. The molecule has 2 rings (SSSR count). The van der Waals surface area contributed by atoms with Crippen LogP contribution in [0.1, 0.15) is 32.3 Å². The lowest BCUT2D eigenvalue weighted by Crippen LogP contribution is -2.25. The molecule has 0 saturated carbocycles. The zero-order valence-electron chi connectivity index (χ0n) is 14.4. The first-order chi connectivity index (χ1) is 11.3. The summed E-state index contributed by atoms with van der Waals surface area (Å²) in [6.45, 7) is 6.39. The molecule has 3 nitrogen and oxygen atoms in total. The van der Waals surface area contributed by atoms with Gasteiger partial charge in [0.2, 0.25) is 0 Å². The molecule has 2 aromatic rings. The Hall–Kier alpha value is -1.07. The van der Waals surface area contributed by atoms with Crippen LogP contribution >= 0.6 is 31.9 Å². The van der Waals surface area contributed by atoms with E-state index >= 15 is 0 Å². The van der Waals surface area contributed by atoms with E-state index in [4.69, 9.17) is 9.47 Å². The highest BCUT2D eigenvalue weighted by molar-refractivity contribution is 9.10. The number of rotatable bonds is 6. The fourth-order valence-electron chi connectivity index (χ4n) is 2.28. The van der Waals surface area contributed by atoms with Gasteiger partial charge in [0, 0.05) is 10.7 Å². The van der Waals surface area contributed by atoms with Crippen LogP contribution in [0.5, 0.6) is 5.75 Å². The van der Waals surface area contributed by atoms with Gasteiger partial charge in [-0.05, 0) is 45.3 Å². The molecule has 0 saturated heterocycles. The molecular weight excluding hydrogens is 436 g/mol. The van der Waals surface area contributed by atoms with Crippen molar-refractivity contribution in [3.8, 4) is 5.75 Å². The van der Waals surface area contributed by atoms with Crippen molar-refractivity contribution in [3.63, 3.8) is 0 Å². The number of halogens is 2. The highest BCUT2D eigenvalue weighted by Crippen LogP contribution is 2.34. The topological polar surface area (TPSA) is 35.5 Å². The van der Waals surface area contributed by atoms with Crippen LogP contribution < -0.4 is 4.74 Å². The molecule has 2 aromatic carbocycles. The minimum atomic E-state index is -0.304. The number of carbonyl (C=O) groups is 1. The van der Waals surface area contributed by atoms with Gasteiger partial charge in [0.05, 0.1) is 24.1 Å². The summed E-state index contributed by atoms with van der Waals surface area (Å²) in [5.74, 6) is 0.289. The van der Waals surface area contributed by atoms with Crippen molar-refractivity contribution in [2.75, 3.05) is 19.0 Å². The van der Waals surface area contributed by atoms with Crippen LogP contribution in [0, 0.1) is 5.41 Å². The van der Waals surface area contributed by atoms with Crippen LogP contribution in [-0.4, -0.2) is 25.0 Å². The van der Waals surface area contributed by atoms with Crippen LogP contribution in [-0.2, 0) is 9.53 Å². The molecule has 0 radical (unpaired) electrons. The zero-order valence-corrected chi connectivity index (χ0v) is 17.5. The molecule has 0 heterocycles. The Kier molecular flexibility index (Phi) is 6.32. The molecule has 0 aliphatic carbocycles. The lowest BCUT2D eigenvalue weighted by atomic mass is 9.96. The van der Waals surface area contributed by atoms with Crippen LogP contribution in [0.4, 0.5) is 0 Å². The quantitative estimate of drug-likeness (QED) is 0.413. The number of alkyl halides is 1. The summed E-state index contributed by atoms with van der Waals surface area (Å²) in [7, 11) is 1.65. The van der Waals surface area contributed by atoms with E-state index in [9.17, 15) is 4.79 Å². The predicted molar refractivity (Wildman–Crippen MR) is 105 cm³/mol. The number of fused-ring (bicyclic) bond motifs is 1. The maximum Gasteiger partial charge on any atom is 0.313 e. The molecule has 130 valence electrons. The molecule has 5 heteroatoms. The van der Waals surface area contributed by atoms with Crippen LogP contribution in [0.2, 0.25) is 0 Å². The summed E-state index contributed by atoms with van der Waals surface area (Å²) in [6.07, 6.45) is 0. The lowest BCUT2D eigenvalue weighted by Gasteiger charge is -2.22. The molecule has 0 amide bonds. The standard InChI is InChI=1S/C19H22Br2O3/c1-12(18(22)24-11-19(2,3)10-20)13-5-7-15-14(9-13)6-8-16(23-4)17(15)21/h5-9,12H,10-11H2,1-4H3. The first kappa shape index (κ1) is 19.3. The molecule has 1 unspecified atom stereocenters. The number of ether oxygens (including phenoxy) is 2. The maximum atomic E-state index is 12.3. The largest absolute Gasteiger partial charge is 0.496 e. The van der Waals surface area contributed by atoms with E-state index in [1.54, 1.807) is 7.11 Å². The molecule has 0 fully saturated rings. The summed E-state index contributed by atoms with van der Waals surface area (Å²) in [5.41, 5.74) is 0.876. The van der Waals surface area contributed by atoms with Crippen molar-refractivity contribution in [2.24, 2.45) is 5.41 Å². The molecule has 0 bridgehead atoms. The number of esters is 1. The zero-order chi connectivity index (χ0) is 17.9. The average molecular weight is 458 g/mol. The van der Waals surface area contributed by atoms with Crippen molar-refractivity contribution in [3.05, 3.63) is 40.4 Å². The smallest absolute Gasteiger partial charge is 0.313 e. The summed E-state index contributed by atoms with van der Waals surface area (Å²) in [5, 5.41) is 2.90. The monoisotopic (exact) mass is 456 g/mol. The maximum absolute atomic E-state index is 12.3. The van der Waals surface area contributed by atoms with Crippen molar-refractivity contribution >= 4 is 48.6 Å².